The lowest BCUT2D eigenvalue weighted by Gasteiger charge is -2.10. The summed E-state index contributed by atoms with van der Waals surface area (Å²) in [5.41, 5.74) is 0.690. The highest BCUT2D eigenvalue weighted by molar-refractivity contribution is 8.00. The summed E-state index contributed by atoms with van der Waals surface area (Å²) in [6.45, 7) is 1.89. The summed E-state index contributed by atoms with van der Waals surface area (Å²) in [5, 5.41) is 2.82. The molecule has 0 bridgehead atoms. The summed E-state index contributed by atoms with van der Waals surface area (Å²) in [4.78, 5) is 22.9. The molecule has 0 aliphatic heterocycles. The molecule has 0 saturated heterocycles. The summed E-state index contributed by atoms with van der Waals surface area (Å²) in [7, 11) is 2.93. The molecule has 0 fully saturated rings. The highest BCUT2D eigenvalue weighted by atomic mass is 32.2. The molecule has 1 atom stereocenters. The maximum Gasteiger partial charge on any atom is 0.306 e. The Labute approximate surface area is 123 Å². The van der Waals surface area contributed by atoms with Gasteiger partial charge in [0.1, 0.15) is 5.75 Å². The Balaban J connectivity index is 2.38. The molecule has 0 saturated carbocycles. The zero-order chi connectivity index (χ0) is 15.0. The van der Waals surface area contributed by atoms with E-state index in [1.165, 1.54) is 18.9 Å². The van der Waals surface area contributed by atoms with Gasteiger partial charge in [0.2, 0.25) is 5.91 Å². The third kappa shape index (κ3) is 5.97. The molecule has 0 heterocycles. The number of benzene rings is 1. The van der Waals surface area contributed by atoms with Crippen LogP contribution in [0, 0.1) is 0 Å². The number of anilines is 1. The first-order valence-electron chi connectivity index (χ1n) is 6.17. The molecule has 1 amide bonds. The minimum atomic E-state index is -0.266. The first-order chi connectivity index (χ1) is 9.55. The van der Waals surface area contributed by atoms with E-state index in [1.807, 2.05) is 19.1 Å². The number of hydrogen-bond acceptors (Lipinski definition) is 5. The van der Waals surface area contributed by atoms with E-state index in [-0.39, 0.29) is 22.9 Å². The van der Waals surface area contributed by atoms with E-state index in [9.17, 15) is 9.59 Å². The largest absolute Gasteiger partial charge is 0.497 e. The number of carbonyl (C=O) groups excluding carboxylic acids is 2. The lowest BCUT2D eigenvalue weighted by molar-refractivity contribution is -0.140. The van der Waals surface area contributed by atoms with Crippen molar-refractivity contribution in [2.75, 3.05) is 25.3 Å². The highest BCUT2D eigenvalue weighted by Crippen LogP contribution is 2.18. The van der Waals surface area contributed by atoms with Crippen LogP contribution in [-0.4, -0.2) is 37.1 Å². The summed E-state index contributed by atoms with van der Waals surface area (Å²) in [5.74, 6) is 0.600. The van der Waals surface area contributed by atoms with Crippen molar-refractivity contribution in [2.45, 2.75) is 18.6 Å². The van der Waals surface area contributed by atoms with Crippen LogP contribution in [0.3, 0.4) is 0 Å². The molecule has 1 rings (SSSR count). The molecule has 0 aliphatic carbocycles. The predicted molar refractivity (Wildman–Crippen MR) is 80.2 cm³/mol. The zero-order valence-electron chi connectivity index (χ0n) is 11.8. The average Bonchev–Trinajstić information content (AvgIpc) is 2.45. The van der Waals surface area contributed by atoms with Crippen LogP contribution in [0.25, 0.3) is 0 Å². The van der Waals surface area contributed by atoms with Crippen molar-refractivity contribution in [2.24, 2.45) is 0 Å². The van der Waals surface area contributed by atoms with Gasteiger partial charge in [-0.3, -0.25) is 9.59 Å². The van der Waals surface area contributed by atoms with Crippen LogP contribution in [0.15, 0.2) is 24.3 Å². The molecule has 6 heteroatoms. The molecule has 1 unspecified atom stereocenters. The fraction of sp³-hybridized carbons (Fsp3) is 0.429. The van der Waals surface area contributed by atoms with Crippen molar-refractivity contribution in [1.82, 2.24) is 0 Å². The Morgan fingerprint density at radius 2 is 2.10 bits per heavy atom. The minimum absolute atomic E-state index is 0.0403. The van der Waals surface area contributed by atoms with Crippen LogP contribution in [-0.2, 0) is 14.3 Å². The van der Waals surface area contributed by atoms with E-state index in [0.717, 1.165) is 0 Å². The summed E-state index contributed by atoms with van der Waals surface area (Å²) in [6, 6.07) is 7.16. The van der Waals surface area contributed by atoms with Gasteiger partial charge in [0, 0.05) is 17.0 Å². The minimum Gasteiger partial charge on any atom is -0.497 e. The second kappa shape index (κ2) is 8.47. The van der Waals surface area contributed by atoms with Crippen molar-refractivity contribution in [3.05, 3.63) is 24.3 Å². The monoisotopic (exact) mass is 297 g/mol. The first-order valence-corrected chi connectivity index (χ1v) is 7.22. The van der Waals surface area contributed by atoms with Crippen LogP contribution in [0.5, 0.6) is 5.75 Å². The van der Waals surface area contributed by atoms with Crippen molar-refractivity contribution in [3.63, 3.8) is 0 Å². The van der Waals surface area contributed by atoms with Crippen molar-refractivity contribution in [3.8, 4) is 5.75 Å². The molecule has 1 aromatic rings. The number of amides is 1. The molecule has 110 valence electrons. The Hall–Kier alpha value is -1.69. The van der Waals surface area contributed by atoms with E-state index < -0.39 is 0 Å². The Morgan fingerprint density at radius 1 is 1.35 bits per heavy atom. The Morgan fingerprint density at radius 3 is 2.75 bits per heavy atom. The third-order valence-corrected chi connectivity index (χ3v) is 3.70. The van der Waals surface area contributed by atoms with E-state index in [4.69, 9.17) is 4.74 Å². The van der Waals surface area contributed by atoms with E-state index >= 15 is 0 Å². The second-order valence-electron chi connectivity index (χ2n) is 4.18. The number of esters is 1. The number of methoxy groups -OCH3 is 2. The van der Waals surface area contributed by atoms with Gasteiger partial charge in [-0.2, -0.15) is 0 Å². The molecular formula is C14H19NO4S. The summed E-state index contributed by atoms with van der Waals surface area (Å²) < 4.78 is 9.66. The Bertz CT molecular complexity index is 464. The third-order valence-electron chi connectivity index (χ3n) is 2.53. The quantitative estimate of drug-likeness (QED) is 0.782. The van der Waals surface area contributed by atoms with Crippen LogP contribution in [0.2, 0.25) is 0 Å². The van der Waals surface area contributed by atoms with Gasteiger partial charge in [-0.25, -0.2) is 0 Å². The lowest BCUT2D eigenvalue weighted by Crippen LogP contribution is -2.17. The number of carbonyl (C=O) groups is 2. The van der Waals surface area contributed by atoms with Crippen LogP contribution in [0.1, 0.15) is 13.3 Å². The van der Waals surface area contributed by atoms with Crippen molar-refractivity contribution in [1.29, 1.82) is 0 Å². The van der Waals surface area contributed by atoms with Gasteiger partial charge >= 0.3 is 5.97 Å². The molecule has 20 heavy (non-hydrogen) atoms. The number of nitrogens with one attached hydrogen (secondary N) is 1. The molecule has 1 aromatic carbocycles. The average molecular weight is 297 g/mol. The van der Waals surface area contributed by atoms with Crippen LogP contribution in [0.4, 0.5) is 5.69 Å². The Kier molecular flexibility index (Phi) is 6.93. The lowest BCUT2D eigenvalue weighted by atomic mass is 10.3. The molecule has 5 nitrogen and oxygen atoms in total. The van der Waals surface area contributed by atoms with Gasteiger partial charge in [0.15, 0.2) is 0 Å². The SMILES string of the molecule is COC(=O)CC(C)SCC(=O)Nc1cccc(OC)c1. The zero-order valence-corrected chi connectivity index (χ0v) is 12.7. The van der Waals surface area contributed by atoms with Gasteiger partial charge in [-0.05, 0) is 12.1 Å². The van der Waals surface area contributed by atoms with Crippen LogP contribution < -0.4 is 10.1 Å². The normalized spacial score (nSPS) is 11.6. The summed E-state index contributed by atoms with van der Waals surface area (Å²) in [6.07, 6.45) is 0.299. The second-order valence-corrected chi connectivity index (χ2v) is 5.61. The molecular weight excluding hydrogens is 278 g/mol. The van der Waals surface area contributed by atoms with E-state index in [0.29, 0.717) is 17.9 Å². The fourth-order valence-corrected chi connectivity index (χ4v) is 2.25. The molecule has 0 aliphatic rings. The molecule has 0 aromatic heterocycles. The number of thioether (sulfide) groups is 1. The van der Waals surface area contributed by atoms with E-state index in [2.05, 4.69) is 10.1 Å². The molecule has 0 radical (unpaired) electrons. The number of rotatable bonds is 7. The topological polar surface area (TPSA) is 64.6 Å². The fourth-order valence-electron chi connectivity index (χ4n) is 1.49. The number of hydrogen-bond donors (Lipinski definition) is 1. The van der Waals surface area contributed by atoms with Gasteiger partial charge in [0.05, 0.1) is 26.4 Å². The highest BCUT2D eigenvalue weighted by Gasteiger charge is 2.12. The predicted octanol–water partition coefficient (Wildman–Crippen LogP) is 2.32. The summed E-state index contributed by atoms with van der Waals surface area (Å²) >= 11 is 1.41. The van der Waals surface area contributed by atoms with Gasteiger partial charge in [-0.1, -0.05) is 13.0 Å². The first kappa shape index (κ1) is 16.4. The smallest absolute Gasteiger partial charge is 0.306 e. The van der Waals surface area contributed by atoms with Crippen molar-refractivity contribution < 1.29 is 19.1 Å². The van der Waals surface area contributed by atoms with Gasteiger partial charge in [-0.15, -0.1) is 11.8 Å². The maximum absolute atomic E-state index is 11.8. The van der Waals surface area contributed by atoms with Crippen LogP contribution >= 0.6 is 11.8 Å². The number of ether oxygens (including phenoxy) is 2. The molecule has 1 N–H and O–H groups in total. The van der Waals surface area contributed by atoms with E-state index in [1.54, 1.807) is 19.2 Å². The van der Waals surface area contributed by atoms with Gasteiger partial charge in [0.25, 0.3) is 0 Å². The van der Waals surface area contributed by atoms with Gasteiger partial charge < -0.3 is 14.8 Å². The van der Waals surface area contributed by atoms with Crippen molar-refractivity contribution >= 4 is 29.3 Å². The molecule has 0 spiro atoms. The maximum atomic E-state index is 11.8. The standard InChI is InChI=1S/C14H19NO4S/c1-10(7-14(17)19-3)20-9-13(16)15-11-5-4-6-12(8-11)18-2/h4-6,8,10H,7,9H2,1-3H3,(H,15,16).